The number of carboxylic acids is 1. The second kappa shape index (κ2) is 6.95. The molecule has 0 bridgehead atoms. The summed E-state index contributed by atoms with van der Waals surface area (Å²) in [4.78, 5) is 11.2. The average molecular weight is 276 g/mol. The summed E-state index contributed by atoms with van der Waals surface area (Å²) < 4.78 is 5.51. The number of aromatic carboxylic acids is 1. The molecular weight excluding hydrogens is 260 g/mol. The number of thiophene rings is 1. The molecule has 1 heterocycles. The highest BCUT2D eigenvalue weighted by atomic mass is 32.1. The number of hydrogen-bond donors (Lipinski definition) is 1. The number of benzene rings is 1. The molecule has 0 spiro atoms. The van der Waals surface area contributed by atoms with E-state index in [1.54, 1.807) is 11.4 Å². The van der Waals surface area contributed by atoms with E-state index in [-0.39, 0.29) is 4.88 Å². The summed E-state index contributed by atoms with van der Waals surface area (Å²) in [7, 11) is 0. The van der Waals surface area contributed by atoms with E-state index in [4.69, 9.17) is 9.84 Å². The molecular formula is C15H16O3S. The van der Waals surface area contributed by atoms with Crippen molar-refractivity contribution in [3.8, 4) is 5.75 Å². The van der Waals surface area contributed by atoms with Gasteiger partial charge in [-0.2, -0.15) is 0 Å². The van der Waals surface area contributed by atoms with Gasteiger partial charge in [-0.3, -0.25) is 0 Å². The Morgan fingerprint density at radius 3 is 2.68 bits per heavy atom. The van der Waals surface area contributed by atoms with Gasteiger partial charge in [-0.15, -0.1) is 11.3 Å². The third kappa shape index (κ3) is 4.10. The summed E-state index contributed by atoms with van der Waals surface area (Å²) in [6.07, 6.45) is 2.99. The van der Waals surface area contributed by atoms with Crippen molar-refractivity contribution >= 4 is 17.3 Å². The van der Waals surface area contributed by atoms with Crippen molar-refractivity contribution in [1.82, 2.24) is 0 Å². The van der Waals surface area contributed by atoms with E-state index in [1.165, 1.54) is 16.9 Å². The van der Waals surface area contributed by atoms with Crippen LogP contribution in [0.2, 0.25) is 0 Å². The Labute approximate surface area is 116 Å². The molecule has 19 heavy (non-hydrogen) atoms. The Morgan fingerprint density at radius 1 is 1.16 bits per heavy atom. The van der Waals surface area contributed by atoms with Gasteiger partial charge >= 0.3 is 5.97 Å². The molecule has 4 heteroatoms. The Morgan fingerprint density at radius 2 is 1.95 bits per heavy atom. The van der Waals surface area contributed by atoms with Crippen LogP contribution in [-0.2, 0) is 6.42 Å². The first-order valence-corrected chi connectivity index (χ1v) is 7.13. The Bertz CT molecular complexity index is 519. The number of unbranched alkanes of at least 4 members (excludes halogenated alkanes) is 1. The summed E-state index contributed by atoms with van der Waals surface area (Å²) in [5.74, 6) is -0.438. The van der Waals surface area contributed by atoms with E-state index in [0.29, 0.717) is 12.4 Å². The molecule has 0 saturated carbocycles. The van der Waals surface area contributed by atoms with Crippen molar-refractivity contribution in [2.75, 3.05) is 6.61 Å². The molecule has 100 valence electrons. The van der Waals surface area contributed by atoms with Crippen molar-refractivity contribution in [3.63, 3.8) is 0 Å². The first-order valence-electron chi connectivity index (χ1n) is 6.25. The molecule has 0 saturated heterocycles. The van der Waals surface area contributed by atoms with Crippen LogP contribution >= 0.6 is 11.3 Å². The maximum Gasteiger partial charge on any atom is 0.349 e. The van der Waals surface area contributed by atoms with E-state index in [1.807, 2.05) is 18.2 Å². The van der Waals surface area contributed by atoms with Crippen LogP contribution < -0.4 is 4.74 Å². The molecule has 0 unspecified atom stereocenters. The third-order valence-electron chi connectivity index (χ3n) is 2.78. The van der Waals surface area contributed by atoms with E-state index in [2.05, 4.69) is 12.1 Å². The largest absolute Gasteiger partial charge is 0.492 e. The van der Waals surface area contributed by atoms with Gasteiger partial charge in [0.2, 0.25) is 0 Å². The minimum Gasteiger partial charge on any atom is -0.492 e. The Kier molecular flexibility index (Phi) is 4.98. The lowest BCUT2D eigenvalue weighted by Gasteiger charge is -2.05. The normalized spacial score (nSPS) is 10.3. The monoisotopic (exact) mass is 276 g/mol. The van der Waals surface area contributed by atoms with Gasteiger partial charge in [-0.25, -0.2) is 4.79 Å². The molecule has 2 rings (SSSR count). The molecule has 0 fully saturated rings. The van der Waals surface area contributed by atoms with Crippen molar-refractivity contribution in [2.45, 2.75) is 19.3 Å². The van der Waals surface area contributed by atoms with Crippen molar-refractivity contribution in [2.24, 2.45) is 0 Å². The molecule has 2 aromatic rings. The standard InChI is InChI=1S/C15H16O3S/c16-15(17)14-13(9-11-19-14)18-10-5-4-8-12-6-2-1-3-7-12/h1-3,6-7,9,11H,4-5,8,10H2,(H,16,17). The highest BCUT2D eigenvalue weighted by Gasteiger charge is 2.12. The van der Waals surface area contributed by atoms with Gasteiger partial charge in [0.1, 0.15) is 5.75 Å². The fourth-order valence-corrected chi connectivity index (χ4v) is 2.50. The van der Waals surface area contributed by atoms with E-state index >= 15 is 0 Å². The number of hydrogen-bond acceptors (Lipinski definition) is 3. The Hall–Kier alpha value is -1.81. The molecule has 0 radical (unpaired) electrons. The lowest BCUT2D eigenvalue weighted by atomic mass is 10.1. The van der Waals surface area contributed by atoms with E-state index in [0.717, 1.165) is 19.3 Å². The topological polar surface area (TPSA) is 46.5 Å². The lowest BCUT2D eigenvalue weighted by molar-refractivity contribution is 0.0698. The predicted molar refractivity (Wildman–Crippen MR) is 76.2 cm³/mol. The van der Waals surface area contributed by atoms with Crippen LogP contribution in [0.5, 0.6) is 5.75 Å². The Balaban J connectivity index is 1.70. The van der Waals surface area contributed by atoms with E-state index < -0.39 is 5.97 Å². The average Bonchev–Trinajstić information content (AvgIpc) is 2.88. The zero-order valence-corrected chi connectivity index (χ0v) is 11.4. The van der Waals surface area contributed by atoms with Crippen LogP contribution in [0.3, 0.4) is 0 Å². The summed E-state index contributed by atoms with van der Waals surface area (Å²) in [6.45, 7) is 0.559. The number of ether oxygens (including phenoxy) is 1. The number of rotatable bonds is 7. The molecule has 1 aromatic heterocycles. The van der Waals surface area contributed by atoms with Gasteiger partial charge in [0.15, 0.2) is 4.88 Å². The second-order valence-corrected chi connectivity index (χ2v) is 5.13. The maximum absolute atomic E-state index is 10.9. The van der Waals surface area contributed by atoms with Gasteiger partial charge in [0, 0.05) is 0 Å². The molecule has 0 amide bonds. The zero-order chi connectivity index (χ0) is 13.5. The minimum atomic E-state index is -0.922. The SMILES string of the molecule is O=C(O)c1sccc1OCCCCc1ccccc1. The smallest absolute Gasteiger partial charge is 0.349 e. The predicted octanol–water partition coefficient (Wildman–Crippen LogP) is 3.85. The zero-order valence-electron chi connectivity index (χ0n) is 10.5. The highest BCUT2D eigenvalue weighted by molar-refractivity contribution is 7.12. The number of carbonyl (C=O) groups is 1. The third-order valence-corrected chi connectivity index (χ3v) is 3.67. The van der Waals surface area contributed by atoms with Gasteiger partial charge in [-0.05, 0) is 36.3 Å². The number of carboxylic acid groups (broad SMARTS) is 1. The van der Waals surface area contributed by atoms with Crippen molar-refractivity contribution in [1.29, 1.82) is 0 Å². The minimum absolute atomic E-state index is 0.281. The summed E-state index contributed by atoms with van der Waals surface area (Å²) in [5.41, 5.74) is 1.32. The van der Waals surface area contributed by atoms with Crippen molar-refractivity contribution in [3.05, 3.63) is 52.2 Å². The molecule has 0 aliphatic rings. The van der Waals surface area contributed by atoms with Gasteiger partial charge in [0.05, 0.1) is 6.61 Å². The maximum atomic E-state index is 10.9. The fourth-order valence-electron chi connectivity index (χ4n) is 1.83. The molecule has 0 atom stereocenters. The molecule has 3 nitrogen and oxygen atoms in total. The van der Waals surface area contributed by atoms with E-state index in [9.17, 15) is 4.79 Å². The first kappa shape index (κ1) is 13.6. The fraction of sp³-hybridized carbons (Fsp3) is 0.267. The summed E-state index contributed by atoms with van der Waals surface area (Å²) in [6, 6.07) is 12.0. The van der Waals surface area contributed by atoms with Crippen LogP contribution in [0.25, 0.3) is 0 Å². The van der Waals surface area contributed by atoms with Crippen molar-refractivity contribution < 1.29 is 14.6 Å². The second-order valence-electron chi connectivity index (χ2n) is 4.21. The first-order chi connectivity index (χ1) is 9.27. The van der Waals surface area contributed by atoms with Crippen LogP contribution in [0, 0.1) is 0 Å². The summed E-state index contributed by atoms with van der Waals surface area (Å²) in [5, 5.41) is 10.7. The quantitative estimate of drug-likeness (QED) is 0.781. The highest BCUT2D eigenvalue weighted by Crippen LogP contribution is 2.24. The molecule has 0 aliphatic carbocycles. The van der Waals surface area contributed by atoms with Crippen LogP contribution in [0.4, 0.5) is 0 Å². The number of aryl methyl sites for hydroxylation is 1. The lowest BCUT2D eigenvalue weighted by Crippen LogP contribution is -2.02. The van der Waals surface area contributed by atoms with Gasteiger partial charge < -0.3 is 9.84 Å². The molecule has 1 N–H and O–H groups in total. The van der Waals surface area contributed by atoms with Crippen LogP contribution in [0.15, 0.2) is 41.8 Å². The molecule has 1 aromatic carbocycles. The molecule has 0 aliphatic heterocycles. The van der Waals surface area contributed by atoms with Gasteiger partial charge in [0.25, 0.3) is 0 Å². The summed E-state index contributed by atoms with van der Waals surface area (Å²) >= 11 is 1.19. The van der Waals surface area contributed by atoms with Crippen LogP contribution in [-0.4, -0.2) is 17.7 Å². The van der Waals surface area contributed by atoms with Crippen LogP contribution in [0.1, 0.15) is 28.1 Å². The van der Waals surface area contributed by atoms with Gasteiger partial charge in [-0.1, -0.05) is 30.3 Å².